The van der Waals surface area contributed by atoms with E-state index in [2.05, 4.69) is 72.0 Å². The normalized spacial score (nSPS) is 17.9. The van der Waals surface area contributed by atoms with Gasteiger partial charge in [-0.05, 0) is 86.3 Å². The van der Waals surface area contributed by atoms with E-state index in [1.54, 1.807) is 51.5 Å². The fraction of sp³-hybridized carbons (Fsp3) is 0.311. The summed E-state index contributed by atoms with van der Waals surface area (Å²) in [6.07, 6.45) is -9.76. The Morgan fingerprint density at radius 2 is 0.901 bits per heavy atom. The van der Waals surface area contributed by atoms with Crippen LogP contribution in [0.4, 0.5) is 47.3 Å². The van der Waals surface area contributed by atoms with Gasteiger partial charge >= 0.3 is 36.2 Å². The van der Waals surface area contributed by atoms with Crippen LogP contribution in [-0.2, 0) is 37.1 Å². The van der Waals surface area contributed by atoms with Crippen LogP contribution in [-0.4, -0.2) is 117 Å². The largest absolute Gasteiger partial charge is 0.471 e. The zero-order valence-electron chi connectivity index (χ0n) is 45.2. The summed E-state index contributed by atoms with van der Waals surface area (Å²) in [5.74, 6) is -4.42. The number of alkyl halides is 6. The smallest absolute Gasteiger partial charge is 0.413 e. The molecule has 0 unspecified atom stereocenters. The van der Waals surface area contributed by atoms with E-state index in [1.165, 1.54) is 23.3 Å². The fourth-order valence-electron chi connectivity index (χ4n) is 10.1. The molecule has 424 valence electrons. The summed E-state index contributed by atoms with van der Waals surface area (Å²) >= 11 is 0. The average Bonchev–Trinajstić information content (AvgIpc) is 4.08. The van der Waals surface area contributed by atoms with Crippen LogP contribution >= 0.6 is 0 Å². The minimum absolute atomic E-state index is 0.0972. The standard InChI is InChI=1S/C31H33F3N4O3.C30H30F3N5O2/c1-22-18-36(19-23(2)37(22)20-24-9-5-3-6-10-24)30(41)38(27-11-7-4-8-12-27)21-25-13-15-26(16-14-25)28(39)17-35-29(40)31(32,33)34;1-21-17-36(18-22(2)37(21)19-23-9-5-3-6-10-23)29(39)38(26-11-7-4-8-12-26)20-24-13-15-25(16-14-24)27-34-35-28(40-27)30(31,32)33/h3-16,22-23H,17-21H2,1-2H3,(H,35,40);3-16,21-22H,17-20H2,1-2H3/t22-,23+;21-,22+. The molecule has 0 radical (unpaired) electrons. The van der Waals surface area contributed by atoms with Crippen molar-refractivity contribution < 1.29 is 49.9 Å². The van der Waals surface area contributed by atoms with Crippen molar-refractivity contribution in [2.45, 2.75) is 90.4 Å². The van der Waals surface area contributed by atoms with Crippen molar-refractivity contribution in [2.24, 2.45) is 0 Å². The van der Waals surface area contributed by atoms with Crippen LogP contribution < -0.4 is 15.1 Å². The van der Waals surface area contributed by atoms with Gasteiger partial charge in [0.15, 0.2) is 5.78 Å². The van der Waals surface area contributed by atoms with Crippen molar-refractivity contribution in [3.05, 3.63) is 204 Å². The monoisotopic (exact) mass is 1120 g/mol. The molecule has 2 saturated heterocycles. The third-order valence-corrected chi connectivity index (χ3v) is 14.3. The molecule has 0 bridgehead atoms. The molecule has 2 fully saturated rings. The molecule has 9 rings (SSSR count). The maximum Gasteiger partial charge on any atom is 0.471 e. The number of para-hydroxylation sites is 2. The summed E-state index contributed by atoms with van der Waals surface area (Å²) in [4.78, 5) is 63.2. The number of rotatable bonds is 14. The van der Waals surface area contributed by atoms with E-state index >= 15 is 0 Å². The second kappa shape index (κ2) is 26.3. The molecule has 1 N–H and O–H groups in total. The second-order valence-corrected chi connectivity index (χ2v) is 20.3. The number of nitrogens with zero attached hydrogens (tertiary/aromatic N) is 8. The number of aromatic nitrogens is 2. The molecule has 1 aromatic heterocycles. The highest BCUT2D eigenvalue weighted by Gasteiger charge is 2.40. The molecule has 7 aromatic rings. The summed E-state index contributed by atoms with van der Waals surface area (Å²) in [5, 5.41) is 8.19. The predicted octanol–water partition coefficient (Wildman–Crippen LogP) is 11.7. The highest BCUT2D eigenvalue weighted by Crippen LogP contribution is 2.32. The number of Topliss-reactive ketones (excluding diaryl/α,β-unsaturated/α-hetero) is 1. The van der Waals surface area contributed by atoms with Crippen LogP contribution in [0.5, 0.6) is 0 Å². The third kappa shape index (κ3) is 15.5. The number of nitrogens with one attached hydrogen (secondary N) is 1. The lowest BCUT2D eigenvalue weighted by molar-refractivity contribution is -0.173. The molecule has 0 aliphatic carbocycles. The van der Waals surface area contributed by atoms with Gasteiger partial charge in [-0.1, -0.05) is 133 Å². The summed E-state index contributed by atoms with van der Waals surface area (Å²) in [6.45, 7) is 12.2. The van der Waals surface area contributed by atoms with Gasteiger partial charge in [0.25, 0.3) is 0 Å². The van der Waals surface area contributed by atoms with Crippen LogP contribution in [0.25, 0.3) is 11.5 Å². The van der Waals surface area contributed by atoms with Crippen molar-refractivity contribution in [3.63, 3.8) is 0 Å². The summed E-state index contributed by atoms with van der Waals surface area (Å²) in [7, 11) is 0. The Bertz CT molecular complexity index is 3150. The second-order valence-electron chi connectivity index (χ2n) is 20.3. The summed E-state index contributed by atoms with van der Waals surface area (Å²) < 4.78 is 80.5. The SMILES string of the molecule is C[C@@H]1CN(C(=O)N(Cc2ccc(-c3nnc(C(F)(F)F)o3)cc2)c2ccccc2)C[C@H](C)N1Cc1ccccc1.C[C@@H]1CN(C(=O)N(Cc2ccc(C(=O)CNC(=O)C(F)(F)F)cc2)c2ccccc2)C[C@H](C)N1Cc1ccccc1. The predicted molar refractivity (Wildman–Crippen MR) is 296 cm³/mol. The number of hydrogen-bond acceptors (Lipinski definition) is 9. The van der Waals surface area contributed by atoms with Crippen molar-refractivity contribution in [3.8, 4) is 11.5 Å². The Morgan fingerprint density at radius 3 is 1.27 bits per heavy atom. The summed E-state index contributed by atoms with van der Waals surface area (Å²) in [5.41, 5.74) is 6.01. The van der Waals surface area contributed by atoms with Gasteiger partial charge in [-0.3, -0.25) is 29.2 Å². The number of hydrogen-bond donors (Lipinski definition) is 1. The number of piperazine rings is 2. The number of halogens is 6. The first-order valence-corrected chi connectivity index (χ1v) is 26.5. The van der Waals surface area contributed by atoms with E-state index in [0.717, 1.165) is 35.6 Å². The number of anilines is 2. The van der Waals surface area contributed by atoms with E-state index in [4.69, 9.17) is 4.42 Å². The average molecular weight is 1120 g/mol. The van der Waals surface area contributed by atoms with Gasteiger partial charge in [0.2, 0.25) is 5.89 Å². The van der Waals surface area contributed by atoms with E-state index < -0.39 is 36.5 Å². The highest BCUT2D eigenvalue weighted by molar-refractivity contribution is 6.00. The number of carbonyl (C=O) groups excluding carboxylic acids is 4. The Balaban J connectivity index is 0.000000212. The van der Waals surface area contributed by atoms with Crippen LogP contribution in [0, 0.1) is 0 Å². The van der Waals surface area contributed by atoms with Crippen molar-refractivity contribution >= 4 is 35.1 Å². The Labute approximate surface area is 466 Å². The number of urea groups is 2. The van der Waals surface area contributed by atoms with Gasteiger partial charge in [-0.15, -0.1) is 10.2 Å². The highest BCUT2D eigenvalue weighted by atomic mass is 19.4. The van der Waals surface area contributed by atoms with Crippen LogP contribution in [0.1, 0.15) is 66.2 Å². The van der Waals surface area contributed by atoms with Gasteiger partial charge in [-0.25, -0.2) is 9.59 Å². The molecule has 14 nitrogen and oxygen atoms in total. The Morgan fingerprint density at radius 1 is 0.519 bits per heavy atom. The quantitative estimate of drug-likeness (QED) is 0.0833. The molecule has 5 amide bonds. The first kappa shape index (κ1) is 58.8. The van der Waals surface area contributed by atoms with E-state index in [1.807, 2.05) is 107 Å². The fourth-order valence-corrected chi connectivity index (χ4v) is 10.1. The van der Waals surface area contributed by atoms with E-state index in [-0.39, 0.29) is 60.8 Å². The maximum absolute atomic E-state index is 13.9. The maximum atomic E-state index is 13.9. The number of carbonyl (C=O) groups is 4. The van der Waals surface area contributed by atoms with Gasteiger partial charge < -0.3 is 19.5 Å². The molecule has 20 heteroatoms. The molecule has 4 atom stereocenters. The molecule has 6 aromatic carbocycles. The molecular weight excluding hydrogens is 1050 g/mol. The van der Waals surface area contributed by atoms with Gasteiger partial charge in [0.1, 0.15) is 0 Å². The molecule has 2 aliphatic rings. The molecule has 0 spiro atoms. The van der Waals surface area contributed by atoms with Crippen molar-refractivity contribution in [1.29, 1.82) is 0 Å². The lowest BCUT2D eigenvalue weighted by Crippen LogP contribution is -2.59. The molecule has 2 aliphatic heterocycles. The topological polar surface area (TPSA) is 139 Å². The third-order valence-electron chi connectivity index (χ3n) is 14.3. The number of benzene rings is 6. The molecule has 0 saturated carbocycles. The van der Waals surface area contributed by atoms with Crippen molar-refractivity contribution in [2.75, 3.05) is 42.5 Å². The molecule has 3 heterocycles. The molecule has 81 heavy (non-hydrogen) atoms. The van der Waals surface area contributed by atoms with Gasteiger partial charge in [-0.2, -0.15) is 26.3 Å². The van der Waals surface area contributed by atoms with E-state index in [0.29, 0.717) is 31.7 Å². The zero-order valence-corrected chi connectivity index (χ0v) is 45.2. The number of amides is 5. The van der Waals surface area contributed by atoms with Gasteiger partial charge in [0, 0.05) is 85.9 Å². The molecular formula is C61H63F6N9O5. The lowest BCUT2D eigenvalue weighted by Gasteiger charge is -2.45. The van der Waals surface area contributed by atoms with Crippen LogP contribution in [0.3, 0.4) is 0 Å². The van der Waals surface area contributed by atoms with E-state index in [9.17, 15) is 45.5 Å². The Kier molecular flexibility index (Phi) is 19.1. The Hall–Kier alpha value is -8.36. The zero-order chi connectivity index (χ0) is 57.8. The summed E-state index contributed by atoms with van der Waals surface area (Å²) in [6, 6.07) is 52.7. The van der Waals surface area contributed by atoms with Crippen molar-refractivity contribution in [1.82, 2.24) is 35.1 Å². The first-order chi connectivity index (χ1) is 38.7. The minimum atomic E-state index is -5.05. The van der Waals surface area contributed by atoms with Crippen LogP contribution in [0.15, 0.2) is 174 Å². The number of ketones is 1. The van der Waals surface area contributed by atoms with Gasteiger partial charge in [0.05, 0.1) is 19.6 Å². The lowest BCUT2D eigenvalue weighted by atomic mass is 10.1. The van der Waals surface area contributed by atoms with Crippen LogP contribution in [0.2, 0.25) is 0 Å². The first-order valence-electron chi connectivity index (χ1n) is 26.5. The minimum Gasteiger partial charge on any atom is -0.413 e.